The first kappa shape index (κ1) is 30.0. The first-order valence-electron chi connectivity index (χ1n) is 10.7. The van der Waals surface area contributed by atoms with E-state index < -0.39 is 92.8 Å². The van der Waals surface area contributed by atoms with E-state index in [0.29, 0.717) is 19.8 Å². The third-order valence-corrected chi connectivity index (χ3v) is 5.35. The predicted octanol–water partition coefficient (Wildman–Crippen LogP) is 3.85. The number of esters is 3. The van der Waals surface area contributed by atoms with Gasteiger partial charge in [0.15, 0.2) is 6.10 Å². The lowest BCUT2D eigenvalue weighted by Crippen LogP contribution is -2.60. The van der Waals surface area contributed by atoms with Gasteiger partial charge in [0, 0.05) is 13.3 Å². The molecule has 0 bridgehead atoms. The van der Waals surface area contributed by atoms with E-state index in [9.17, 15) is 49.5 Å². The minimum atomic E-state index is -4.90. The minimum absolute atomic E-state index is 0.0536. The third-order valence-electron chi connectivity index (χ3n) is 5.35. The fraction of sp³-hybridized carbons (Fsp3) is 0.850. The number of halogens is 8. The van der Waals surface area contributed by atoms with Crippen molar-refractivity contribution in [1.82, 2.24) is 0 Å². The van der Waals surface area contributed by atoms with E-state index in [2.05, 4.69) is 9.47 Å². The molecule has 2 fully saturated rings. The van der Waals surface area contributed by atoms with E-state index in [1.165, 1.54) is 0 Å². The van der Waals surface area contributed by atoms with Crippen LogP contribution in [0.15, 0.2) is 0 Å². The van der Waals surface area contributed by atoms with Crippen molar-refractivity contribution >= 4 is 17.9 Å². The van der Waals surface area contributed by atoms with Gasteiger partial charge >= 0.3 is 36.2 Å². The molecule has 0 radical (unpaired) electrons. The summed E-state index contributed by atoms with van der Waals surface area (Å²) in [5.74, 6) is -10.8. The second kappa shape index (κ2) is 11.0. The van der Waals surface area contributed by atoms with Crippen molar-refractivity contribution in [2.45, 2.75) is 75.6 Å². The Labute approximate surface area is 199 Å². The van der Waals surface area contributed by atoms with Crippen LogP contribution in [0.4, 0.5) is 35.1 Å². The zero-order valence-electron chi connectivity index (χ0n) is 18.9. The van der Waals surface area contributed by atoms with Gasteiger partial charge in [0.2, 0.25) is 5.79 Å². The van der Waals surface area contributed by atoms with Gasteiger partial charge in [0.1, 0.15) is 26.1 Å². The molecule has 36 heavy (non-hydrogen) atoms. The molecule has 2 aliphatic rings. The molecule has 16 heteroatoms. The van der Waals surface area contributed by atoms with E-state index in [1.54, 1.807) is 0 Å². The molecule has 8 nitrogen and oxygen atoms in total. The Morgan fingerprint density at radius 3 is 1.72 bits per heavy atom. The van der Waals surface area contributed by atoms with Crippen LogP contribution in [0, 0.1) is 5.41 Å². The summed E-state index contributed by atoms with van der Waals surface area (Å²) in [6.07, 6.45) is -14.0. The molecule has 208 valence electrons. The second-order valence-electron chi connectivity index (χ2n) is 8.82. The average molecular weight is 544 g/mol. The molecule has 0 N–H and O–H groups in total. The maximum absolute atomic E-state index is 13.3. The molecule has 1 aliphatic carbocycles. The Bertz CT molecular complexity index is 763. The summed E-state index contributed by atoms with van der Waals surface area (Å²) in [5.41, 5.74) is -1.73. The summed E-state index contributed by atoms with van der Waals surface area (Å²) < 4.78 is 127. The Kier molecular flexibility index (Phi) is 9.19. The molecule has 1 spiro atoms. The first-order chi connectivity index (χ1) is 16.3. The van der Waals surface area contributed by atoms with Crippen LogP contribution < -0.4 is 0 Å². The topological polar surface area (TPSA) is 97.4 Å². The Morgan fingerprint density at radius 2 is 1.31 bits per heavy atom. The highest BCUT2D eigenvalue weighted by Crippen LogP contribution is 2.42. The third kappa shape index (κ3) is 9.01. The van der Waals surface area contributed by atoms with Crippen LogP contribution in [0.1, 0.15) is 45.4 Å². The Balaban J connectivity index is 2.14. The number of hydrogen-bond acceptors (Lipinski definition) is 8. The molecule has 1 saturated heterocycles. The van der Waals surface area contributed by atoms with Gasteiger partial charge in [-0.05, 0) is 19.3 Å². The highest BCUT2D eigenvalue weighted by molar-refractivity contribution is 5.77. The van der Waals surface area contributed by atoms with Crippen LogP contribution in [-0.4, -0.2) is 74.5 Å². The first-order valence-corrected chi connectivity index (χ1v) is 10.7. The molecule has 0 aromatic carbocycles. The Hall–Kier alpha value is -2.23. The fourth-order valence-electron chi connectivity index (χ4n) is 3.53. The molecule has 1 saturated carbocycles. The smallest absolute Gasteiger partial charge is 0.399 e. The molecule has 0 amide bonds. The van der Waals surface area contributed by atoms with Gasteiger partial charge in [-0.3, -0.25) is 9.59 Å². The Morgan fingerprint density at radius 1 is 0.833 bits per heavy atom. The van der Waals surface area contributed by atoms with Crippen LogP contribution >= 0.6 is 0 Å². The highest BCUT2D eigenvalue weighted by Gasteiger charge is 2.54. The zero-order chi connectivity index (χ0) is 27.4. The summed E-state index contributed by atoms with van der Waals surface area (Å²) in [6.45, 7) is -2.66. The van der Waals surface area contributed by atoms with Crippen LogP contribution in [-0.2, 0) is 38.1 Å². The summed E-state index contributed by atoms with van der Waals surface area (Å²) in [4.78, 5) is 34.7. The number of alkyl halides is 8. The van der Waals surface area contributed by atoms with Crippen LogP contribution in [0.25, 0.3) is 0 Å². The number of rotatable bonds is 8. The van der Waals surface area contributed by atoms with Gasteiger partial charge in [-0.25, -0.2) is 4.79 Å². The summed E-state index contributed by atoms with van der Waals surface area (Å²) >= 11 is 0. The molecule has 1 heterocycles. The van der Waals surface area contributed by atoms with Crippen molar-refractivity contribution < 1.29 is 73.2 Å². The summed E-state index contributed by atoms with van der Waals surface area (Å²) in [6, 6.07) is 0. The zero-order valence-corrected chi connectivity index (χ0v) is 18.9. The normalized spacial score (nSPS) is 22.1. The number of hydrogen-bond donors (Lipinski definition) is 0. The van der Waals surface area contributed by atoms with Gasteiger partial charge < -0.3 is 23.7 Å². The van der Waals surface area contributed by atoms with Crippen LogP contribution in [0.3, 0.4) is 0 Å². The van der Waals surface area contributed by atoms with Gasteiger partial charge in [0.25, 0.3) is 0 Å². The molecule has 0 aromatic heterocycles. The van der Waals surface area contributed by atoms with Crippen molar-refractivity contribution in [2.75, 3.05) is 26.4 Å². The maximum atomic E-state index is 13.3. The van der Waals surface area contributed by atoms with E-state index in [1.807, 2.05) is 0 Å². The van der Waals surface area contributed by atoms with Crippen LogP contribution in [0.2, 0.25) is 0 Å². The van der Waals surface area contributed by atoms with Crippen molar-refractivity contribution in [3.8, 4) is 0 Å². The molecule has 1 aliphatic heterocycles. The van der Waals surface area contributed by atoms with E-state index >= 15 is 0 Å². The minimum Gasteiger partial charge on any atom is -0.465 e. The lowest BCUT2D eigenvalue weighted by Gasteiger charge is -2.49. The highest BCUT2D eigenvalue weighted by atomic mass is 19.4. The van der Waals surface area contributed by atoms with Gasteiger partial charge in [-0.15, -0.1) is 0 Å². The molecule has 1 unspecified atom stereocenters. The number of carbonyl (C=O) groups is 3. The van der Waals surface area contributed by atoms with Crippen molar-refractivity contribution in [2.24, 2.45) is 5.41 Å². The van der Waals surface area contributed by atoms with Crippen molar-refractivity contribution in [3.63, 3.8) is 0 Å². The SMILES string of the molecule is CC(F)(F)C(=O)OC1CCCCC12OCC(COC(=O)CC(F)(F)F)(COC(=O)CC(F)(F)F)CO2. The molecule has 2 rings (SSSR count). The summed E-state index contributed by atoms with van der Waals surface area (Å²) in [5, 5.41) is 0. The lowest BCUT2D eigenvalue weighted by atomic mass is 9.86. The lowest BCUT2D eigenvalue weighted by molar-refractivity contribution is -0.355. The predicted molar refractivity (Wildman–Crippen MR) is 99.3 cm³/mol. The van der Waals surface area contributed by atoms with Crippen LogP contribution in [0.5, 0.6) is 0 Å². The number of carbonyl (C=O) groups excluding carboxylic acids is 3. The van der Waals surface area contributed by atoms with E-state index in [0.717, 1.165) is 0 Å². The summed E-state index contributed by atoms with van der Waals surface area (Å²) in [7, 11) is 0. The van der Waals surface area contributed by atoms with Gasteiger partial charge in [-0.2, -0.15) is 35.1 Å². The maximum Gasteiger partial charge on any atom is 0.399 e. The second-order valence-corrected chi connectivity index (χ2v) is 8.82. The van der Waals surface area contributed by atoms with Gasteiger partial charge in [0.05, 0.1) is 18.6 Å². The molecule has 1 atom stereocenters. The largest absolute Gasteiger partial charge is 0.465 e. The molecule has 0 aromatic rings. The standard InChI is InChI=1S/C20H24F8O8/c1-16(21,22)15(31)36-12-4-2-3-5-18(12)34-10-17(11-35-18,8-32-13(29)6-19(23,24)25)9-33-14(30)7-20(26,27)28/h12H,2-11H2,1H3. The van der Waals surface area contributed by atoms with E-state index in [4.69, 9.17) is 14.2 Å². The average Bonchev–Trinajstić information content (AvgIpc) is 2.71. The van der Waals surface area contributed by atoms with Crippen molar-refractivity contribution in [3.05, 3.63) is 0 Å². The van der Waals surface area contributed by atoms with Crippen molar-refractivity contribution in [1.29, 1.82) is 0 Å². The fourth-order valence-corrected chi connectivity index (χ4v) is 3.53. The monoisotopic (exact) mass is 544 g/mol. The molecular formula is C20H24F8O8. The van der Waals surface area contributed by atoms with E-state index in [-0.39, 0.29) is 12.8 Å². The number of ether oxygens (including phenoxy) is 5. The quantitative estimate of drug-likeness (QED) is 0.258. The van der Waals surface area contributed by atoms with Gasteiger partial charge in [-0.1, -0.05) is 0 Å². The molecular weight excluding hydrogens is 520 g/mol.